The lowest BCUT2D eigenvalue weighted by molar-refractivity contribution is -0.140. The molecule has 0 aliphatic heterocycles. The monoisotopic (exact) mass is 299 g/mol. The van der Waals surface area contributed by atoms with Crippen LogP contribution in [-0.4, -0.2) is 54.4 Å². The molecule has 0 saturated heterocycles. The minimum absolute atomic E-state index is 0.233. The Morgan fingerprint density at radius 2 is 2.10 bits per heavy atom. The molecule has 0 atom stereocenters. The van der Waals surface area contributed by atoms with E-state index in [1.807, 2.05) is 19.0 Å². The standard InChI is InChI=1S/C12H21N5O2S/c1-5-7-13-10-14-11(17(2)3)16-12(15-10)20-8-6-9(18)19-4/h5-8H2,1-4H3,(H,13,14,15,16). The van der Waals surface area contributed by atoms with Gasteiger partial charge in [0.2, 0.25) is 11.9 Å². The highest BCUT2D eigenvalue weighted by molar-refractivity contribution is 7.99. The zero-order chi connectivity index (χ0) is 15.0. The molecule has 1 N–H and O–H groups in total. The predicted octanol–water partition coefficient (Wildman–Crippen LogP) is 1.41. The van der Waals surface area contributed by atoms with E-state index in [1.165, 1.54) is 18.9 Å². The summed E-state index contributed by atoms with van der Waals surface area (Å²) in [6, 6.07) is 0. The first-order chi connectivity index (χ1) is 9.56. The van der Waals surface area contributed by atoms with Crippen molar-refractivity contribution >= 4 is 29.6 Å². The second-order valence-corrected chi connectivity index (χ2v) is 5.30. The molecule has 0 spiro atoms. The Morgan fingerprint density at radius 1 is 1.35 bits per heavy atom. The summed E-state index contributed by atoms with van der Waals surface area (Å²) in [6.07, 6.45) is 1.33. The number of aromatic nitrogens is 3. The number of esters is 1. The smallest absolute Gasteiger partial charge is 0.306 e. The van der Waals surface area contributed by atoms with Gasteiger partial charge in [0.05, 0.1) is 13.5 Å². The maximum atomic E-state index is 11.1. The molecule has 0 radical (unpaired) electrons. The van der Waals surface area contributed by atoms with Gasteiger partial charge in [-0.3, -0.25) is 4.79 Å². The molecular weight excluding hydrogens is 278 g/mol. The highest BCUT2D eigenvalue weighted by Gasteiger charge is 2.09. The third-order valence-corrected chi connectivity index (χ3v) is 3.15. The number of rotatable bonds is 8. The van der Waals surface area contributed by atoms with Gasteiger partial charge in [0.1, 0.15) is 0 Å². The Hall–Kier alpha value is -1.57. The summed E-state index contributed by atoms with van der Waals surface area (Å²) < 4.78 is 4.60. The van der Waals surface area contributed by atoms with E-state index in [2.05, 4.69) is 31.9 Å². The number of nitrogens with one attached hydrogen (secondary N) is 1. The summed E-state index contributed by atoms with van der Waals surface area (Å²) in [6.45, 7) is 2.89. The molecule has 1 heterocycles. The van der Waals surface area contributed by atoms with E-state index < -0.39 is 0 Å². The summed E-state index contributed by atoms with van der Waals surface area (Å²) in [5.74, 6) is 1.51. The molecule has 7 nitrogen and oxygen atoms in total. The second-order valence-electron chi connectivity index (χ2n) is 4.24. The van der Waals surface area contributed by atoms with Crippen LogP contribution in [0.4, 0.5) is 11.9 Å². The average molecular weight is 299 g/mol. The van der Waals surface area contributed by atoms with Gasteiger partial charge in [0, 0.05) is 26.4 Å². The molecule has 1 rings (SSSR count). The van der Waals surface area contributed by atoms with Crippen molar-refractivity contribution in [1.29, 1.82) is 0 Å². The van der Waals surface area contributed by atoms with E-state index in [4.69, 9.17) is 0 Å². The van der Waals surface area contributed by atoms with Gasteiger partial charge in [-0.15, -0.1) is 0 Å². The molecule has 0 bridgehead atoms. The first-order valence-corrected chi connectivity index (χ1v) is 7.42. The van der Waals surface area contributed by atoms with Crippen LogP contribution in [0.25, 0.3) is 0 Å². The number of carbonyl (C=O) groups is 1. The van der Waals surface area contributed by atoms with E-state index in [0.29, 0.717) is 29.2 Å². The lowest BCUT2D eigenvalue weighted by Crippen LogP contribution is -2.16. The topological polar surface area (TPSA) is 80.2 Å². The van der Waals surface area contributed by atoms with E-state index in [0.717, 1.165) is 13.0 Å². The van der Waals surface area contributed by atoms with Crippen molar-refractivity contribution in [2.45, 2.75) is 24.9 Å². The molecule has 0 aliphatic carbocycles. The van der Waals surface area contributed by atoms with Gasteiger partial charge in [-0.1, -0.05) is 18.7 Å². The lowest BCUT2D eigenvalue weighted by Gasteiger charge is -2.13. The Labute approximate surface area is 123 Å². The van der Waals surface area contributed by atoms with Crippen LogP contribution in [0, 0.1) is 0 Å². The maximum Gasteiger partial charge on any atom is 0.306 e. The SMILES string of the molecule is CCCNc1nc(SCCC(=O)OC)nc(N(C)C)n1. The van der Waals surface area contributed by atoms with Crippen molar-refractivity contribution < 1.29 is 9.53 Å². The van der Waals surface area contributed by atoms with Crippen molar-refractivity contribution in [3.8, 4) is 0 Å². The number of carbonyl (C=O) groups excluding carboxylic acids is 1. The van der Waals surface area contributed by atoms with Gasteiger partial charge in [0.25, 0.3) is 0 Å². The van der Waals surface area contributed by atoms with Gasteiger partial charge in [0.15, 0.2) is 5.16 Å². The number of ether oxygens (including phenoxy) is 1. The van der Waals surface area contributed by atoms with Gasteiger partial charge in [-0.2, -0.15) is 15.0 Å². The number of hydrogen-bond donors (Lipinski definition) is 1. The molecule has 1 aromatic heterocycles. The van der Waals surface area contributed by atoms with Crippen molar-refractivity contribution in [1.82, 2.24) is 15.0 Å². The quantitative estimate of drug-likeness (QED) is 0.570. The van der Waals surface area contributed by atoms with Crippen LogP contribution < -0.4 is 10.2 Å². The predicted molar refractivity (Wildman–Crippen MR) is 80.3 cm³/mol. The van der Waals surface area contributed by atoms with Gasteiger partial charge < -0.3 is 15.0 Å². The summed E-state index contributed by atoms with van der Waals surface area (Å²) in [5, 5.41) is 3.75. The minimum atomic E-state index is -0.233. The molecule has 20 heavy (non-hydrogen) atoms. The lowest BCUT2D eigenvalue weighted by atomic mass is 10.5. The first-order valence-electron chi connectivity index (χ1n) is 6.43. The van der Waals surface area contributed by atoms with E-state index in [-0.39, 0.29) is 5.97 Å². The Kier molecular flexibility index (Phi) is 7.06. The second kappa shape index (κ2) is 8.57. The summed E-state index contributed by atoms with van der Waals surface area (Å²) in [7, 11) is 5.14. The Bertz CT molecular complexity index is 442. The molecule has 112 valence electrons. The van der Waals surface area contributed by atoms with Crippen molar-refractivity contribution in [2.75, 3.05) is 43.7 Å². The summed E-state index contributed by atoms with van der Waals surface area (Å²) >= 11 is 1.41. The Morgan fingerprint density at radius 3 is 2.70 bits per heavy atom. The van der Waals surface area contributed by atoms with E-state index >= 15 is 0 Å². The largest absolute Gasteiger partial charge is 0.469 e. The number of anilines is 2. The van der Waals surface area contributed by atoms with Crippen molar-refractivity contribution in [2.24, 2.45) is 0 Å². The van der Waals surface area contributed by atoms with Gasteiger partial charge in [-0.05, 0) is 6.42 Å². The first kappa shape index (κ1) is 16.5. The zero-order valence-electron chi connectivity index (χ0n) is 12.3. The highest BCUT2D eigenvalue weighted by atomic mass is 32.2. The normalized spacial score (nSPS) is 10.2. The Balaban J connectivity index is 2.72. The minimum Gasteiger partial charge on any atom is -0.469 e. The van der Waals surface area contributed by atoms with Crippen LogP contribution in [0.3, 0.4) is 0 Å². The van der Waals surface area contributed by atoms with Crippen LogP contribution in [0.2, 0.25) is 0 Å². The van der Waals surface area contributed by atoms with E-state index in [1.54, 1.807) is 0 Å². The molecule has 1 aromatic rings. The molecule has 0 unspecified atom stereocenters. The van der Waals surface area contributed by atoms with Crippen LogP contribution in [0.1, 0.15) is 19.8 Å². The van der Waals surface area contributed by atoms with Crippen LogP contribution >= 0.6 is 11.8 Å². The average Bonchev–Trinajstić information content (AvgIpc) is 2.44. The summed E-state index contributed by atoms with van der Waals surface area (Å²) in [5.41, 5.74) is 0. The van der Waals surface area contributed by atoms with Crippen molar-refractivity contribution in [3.05, 3.63) is 0 Å². The fourth-order valence-electron chi connectivity index (χ4n) is 1.25. The van der Waals surface area contributed by atoms with Crippen LogP contribution in [0.5, 0.6) is 0 Å². The number of nitrogens with zero attached hydrogens (tertiary/aromatic N) is 4. The zero-order valence-corrected chi connectivity index (χ0v) is 13.2. The number of hydrogen-bond acceptors (Lipinski definition) is 8. The molecule has 0 aliphatic rings. The number of methoxy groups -OCH3 is 1. The van der Waals surface area contributed by atoms with E-state index in [9.17, 15) is 4.79 Å². The molecule has 0 aromatic carbocycles. The highest BCUT2D eigenvalue weighted by Crippen LogP contribution is 2.18. The molecular formula is C12H21N5O2S. The van der Waals surface area contributed by atoms with Crippen LogP contribution in [0.15, 0.2) is 5.16 Å². The fraction of sp³-hybridized carbons (Fsp3) is 0.667. The fourth-order valence-corrected chi connectivity index (χ4v) is 2.00. The third-order valence-electron chi connectivity index (χ3n) is 2.30. The van der Waals surface area contributed by atoms with Gasteiger partial charge in [-0.25, -0.2) is 0 Å². The van der Waals surface area contributed by atoms with Gasteiger partial charge >= 0.3 is 5.97 Å². The molecule has 0 amide bonds. The molecule has 8 heteroatoms. The summed E-state index contributed by atoms with van der Waals surface area (Å²) in [4.78, 5) is 25.9. The maximum absolute atomic E-state index is 11.1. The third kappa shape index (κ3) is 5.60. The van der Waals surface area contributed by atoms with Crippen LogP contribution in [-0.2, 0) is 9.53 Å². The molecule has 0 saturated carbocycles. The number of thioether (sulfide) groups is 1. The van der Waals surface area contributed by atoms with Crippen molar-refractivity contribution in [3.63, 3.8) is 0 Å². The molecule has 0 fully saturated rings.